The summed E-state index contributed by atoms with van der Waals surface area (Å²) < 4.78 is 25.5. The van der Waals surface area contributed by atoms with Crippen molar-refractivity contribution < 1.29 is 23.5 Å². The Hall–Kier alpha value is -3.31. The zero-order valence-corrected chi connectivity index (χ0v) is 18.1. The fraction of sp³-hybridized carbons (Fsp3) is 0.211. The van der Waals surface area contributed by atoms with Crippen molar-refractivity contribution in [1.82, 2.24) is 14.8 Å². The number of anilines is 1. The normalized spacial score (nSPS) is 10.6. The van der Waals surface area contributed by atoms with Crippen molar-refractivity contribution >= 4 is 39.9 Å². The molecule has 3 rings (SSSR count). The summed E-state index contributed by atoms with van der Waals surface area (Å²) in [6.45, 7) is 1.28. The van der Waals surface area contributed by atoms with Crippen molar-refractivity contribution in [2.45, 2.75) is 13.5 Å². The predicted octanol–water partition coefficient (Wildman–Crippen LogP) is 2.90. The van der Waals surface area contributed by atoms with E-state index in [1.807, 2.05) is 0 Å². The molecule has 0 radical (unpaired) electrons. The van der Waals surface area contributed by atoms with E-state index < -0.39 is 29.1 Å². The highest BCUT2D eigenvalue weighted by Gasteiger charge is 2.23. The fourth-order valence-corrected chi connectivity index (χ4v) is 3.53. The van der Waals surface area contributed by atoms with Gasteiger partial charge in [0.25, 0.3) is 5.91 Å². The van der Waals surface area contributed by atoms with E-state index in [0.717, 1.165) is 4.68 Å². The lowest BCUT2D eigenvalue weighted by molar-refractivity contribution is -0.141. The van der Waals surface area contributed by atoms with Crippen LogP contribution < -0.4 is 14.9 Å². The molecule has 1 aromatic carbocycles. The Bertz CT molecular complexity index is 1230. The van der Waals surface area contributed by atoms with E-state index in [2.05, 4.69) is 20.1 Å². The first-order valence-corrected chi connectivity index (χ1v) is 9.89. The van der Waals surface area contributed by atoms with Crippen molar-refractivity contribution in [1.29, 1.82) is 0 Å². The Morgan fingerprint density at radius 2 is 2.06 bits per heavy atom. The van der Waals surface area contributed by atoms with Gasteiger partial charge >= 0.3 is 10.8 Å². The number of ether oxygens (including phenoxy) is 2. The molecule has 0 aliphatic heterocycles. The summed E-state index contributed by atoms with van der Waals surface area (Å²) in [6, 6.07) is 4.35. The number of hydrogen-bond donors (Lipinski definition) is 1. The molecule has 0 atom stereocenters. The van der Waals surface area contributed by atoms with Crippen LogP contribution in [-0.4, -0.2) is 40.9 Å². The Kier molecular flexibility index (Phi) is 6.66. The Labute approximate surface area is 184 Å². The molecule has 3 aromatic rings. The largest absolute Gasteiger partial charge is 0.496 e. The summed E-state index contributed by atoms with van der Waals surface area (Å²) in [5.74, 6) is -1.94. The van der Waals surface area contributed by atoms with E-state index in [1.165, 1.54) is 38.6 Å². The minimum atomic E-state index is -0.757. The van der Waals surface area contributed by atoms with E-state index in [4.69, 9.17) is 16.3 Å². The lowest BCUT2D eigenvalue weighted by Gasteiger charge is -2.14. The Morgan fingerprint density at radius 3 is 2.74 bits per heavy atom. The van der Waals surface area contributed by atoms with Crippen LogP contribution in [0.25, 0.3) is 11.1 Å². The molecule has 2 aromatic heterocycles. The summed E-state index contributed by atoms with van der Waals surface area (Å²) in [4.78, 5) is 39.8. The first kappa shape index (κ1) is 22.4. The van der Waals surface area contributed by atoms with Crippen LogP contribution in [0.2, 0.25) is 5.02 Å². The van der Waals surface area contributed by atoms with Crippen LogP contribution in [0.15, 0.2) is 29.2 Å². The minimum Gasteiger partial charge on any atom is -0.496 e. The molecule has 0 spiro atoms. The van der Waals surface area contributed by atoms with Crippen LogP contribution >= 0.6 is 22.9 Å². The second kappa shape index (κ2) is 9.23. The van der Waals surface area contributed by atoms with Gasteiger partial charge in [0, 0.05) is 17.5 Å². The highest BCUT2D eigenvalue weighted by molar-refractivity contribution is 7.13. The van der Waals surface area contributed by atoms with Gasteiger partial charge in [0.2, 0.25) is 5.13 Å². The molecule has 12 heteroatoms. The third-order valence-corrected chi connectivity index (χ3v) is 5.22. The van der Waals surface area contributed by atoms with Crippen molar-refractivity contribution in [3.63, 3.8) is 0 Å². The number of carbonyl (C=O) groups excluding carboxylic acids is 2. The predicted molar refractivity (Wildman–Crippen MR) is 112 cm³/mol. The quantitative estimate of drug-likeness (QED) is 0.556. The molecule has 0 aliphatic rings. The van der Waals surface area contributed by atoms with Crippen LogP contribution in [0.5, 0.6) is 5.75 Å². The minimum absolute atomic E-state index is 0.00458. The highest BCUT2D eigenvalue weighted by Crippen LogP contribution is 2.38. The Balaban J connectivity index is 2.02. The first-order chi connectivity index (χ1) is 14.7. The number of halogens is 2. The highest BCUT2D eigenvalue weighted by atomic mass is 35.5. The van der Waals surface area contributed by atoms with Crippen molar-refractivity contribution in [3.8, 4) is 16.9 Å². The second-order valence-corrected chi connectivity index (χ2v) is 7.52. The molecular weight excluding hydrogens is 451 g/mol. The third kappa shape index (κ3) is 4.72. The molecule has 0 unspecified atom stereocenters. The standard InChI is InChI=1S/C19H16ClFN4O5S/c1-9-6-10(15-13(29-2)5-4-12(20)16(15)21)11(7-22-9)17(27)23-18-24-25(19(28)31-18)8-14(26)30-3/h4-7H,8H2,1-3H3,(H,23,24,27). The molecule has 0 fully saturated rings. The molecule has 0 saturated carbocycles. The lowest BCUT2D eigenvalue weighted by atomic mass is 9.98. The number of amides is 1. The van der Waals surface area contributed by atoms with Crippen molar-refractivity contribution in [2.75, 3.05) is 19.5 Å². The molecular formula is C19H16ClFN4O5S. The van der Waals surface area contributed by atoms with Gasteiger partial charge in [-0.05, 0) is 36.5 Å². The number of nitrogens with zero attached hydrogens (tertiary/aromatic N) is 3. The molecule has 2 heterocycles. The van der Waals surface area contributed by atoms with Crippen LogP contribution in [0, 0.1) is 12.7 Å². The van der Waals surface area contributed by atoms with Crippen molar-refractivity contribution in [3.05, 3.63) is 56.2 Å². The van der Waals surface area contributed by atoms with Gasteiger partial charge < -0.3 is 9.47 Å². The lowest BCUT2D eigenvalue weighted by Crippen LogP contribution is -2.21. The van der Waals surface area contributed by atoms with Gasteiger partial charge in [0.1, 0.15) is 12.3 Å². The molecule has 0 aliphatic carbocycles. The summed E-state index contributed by atoms with van der Waals surface area (Å²) in [6.07, 6.45) is 1.27. The average Bonchev–Trinajstić information content (AvgIpc) is 3.07. The van der Waals surface area contributed by atoms with E-state index in [1.54, 1.807) is 6.92 Å². The summed E-state index contributed by atoms with van der Waals surface area (Å²) in [5, 5.41) is 6.18. The van der Waals surface area contributed by atoms with Gasteiger partial charge in [-0.15, -0.1) is 5.10 Å². The van der Waals surface area contributed by atoms with Gasteiger partial charge in [-0.2, -0.15) is 0 Å². The number of aromatic nitrogens is 3. The number of benzene rings is 1. The van der Waals surface area contributed by atoms with Gasteiger partial charge in [-0.3, -0.25) is 24.7 Å². The number of hydrogen-bond acceptors (Lipinski definition) is 8. The number of rotatable bonds is 6. The zero-order valence-electron chi connectivity index (χ0n) is 16.6. The van der Waals surface area contributed by atoms with E-state index >= 15 is 0 Å². The van der Waals surface area contributed by atoms with E-state index in [9.17, 15) is 18.8 Å². The zero-order chi connectivity index (χ0) is 22.7. The molecule has 1 amide bonds. The van der Waals surface area contributed by atoms with Crippen LogP contribution in [0.4, 0.5) is 9.52 Å². The maximum atomic E-state index is 14.9. The van der Waals surface area contributed by atoms with Crippen molar-refractivity contribution in [2.24, 2.45) is 0 Å². The molecule has 1 N–H and O–H groups in total. The molecule has 31 heavy (non-hydrogen) atoms. The second-order valence-electron chi connectivity index (χ2n) is 6.17. The first-order valence-electron chi connectivity index (χ1n) is 8.70. The van der Waals surface area contributed by atoms with E-state index in [-0.39, 0.29) is 32.6 Å². The monoisotopic (exact) mass is 466 g/mol. The molecule has 9 nitrogen and oxygen atoms in total. The van der Waals surface area contributed by atoms with Crippen LogP contribution in [-0.2, 0) is 16.1 Å². The molecule has 0 bridgehead atoms. The van der Waals surface area contributed by atoms with E-state index in [0.29, 0.717) is 17.0 Å². The summed E-state index contributed by atoms with van der Waals surface area (Å²) in [7, 11) is 2.54. The average molecular weight is 467 g/mol. The van der Waals surface area contributed by atoms with Crippen LogP contribution in [0.3, 0.4) is 0 Å². The van der Waals surface area contributed by atoms with Gasteiger partial charge in [-0.25, -0.2) is 9.07 Å². The summed E-state index contributed by atoms with van der Waals surface area (Å²) >= 11 is 6.56. The van der Waals surface area contributed by atoms with Gasteiger partial charge in [0.05, 0.1) is 30.4 Å². The van der Waals surface area contributed by atoms with Gasteiger partial charge in [0.15, 0.2) is 5.82 Å². The fourth-order valence-electron chi connectivity index (χ4n) is 2.71. The number of pyridine rings is 1. The third-order valence-electron chi connectivity index (χ3n) is 4.16. The number of aryl methyl sites for hydroxylation is 1. The molecule has 162 valence electrons. The number of carbonyl (C=O) groups is 2. The summed E-state index contributed by atoms with van der Waals surface area (Å²) in [5.41, 5.74) is 0.727. The number of nitrogens with one attached hydrogen (secondary N) is 1. The topological polar surface area (TPSA) is 112 Å². The Morgan fingerprint density at radius 1 is 1.32 bits per heavy atom. The van der Waals surface area contributed by atoms with Gasteiger partial charge in [-0.1, -0.05) is 11.6 Å². The smallest absolute Gasteiger partial charge is 0.327 e. The number of esters is 1. The maximum absolute atomic E-state index is 14.9. The SMILES string of the molecule is COC(=O)Cn1nc(NC(=O)c2cnc(C)cc2-c2c(OC)ccc(Cl)c2F)sc1=O. The van der Waals surface area contributed by atoms with Crippen LogP contribution in [0.1, 0.15) is 16.1 Å². The molecule has 0 saturated heterocycles. The number of methoxy groups -OCH3 is 2. The maximum Gasteiger partial charge on any atom is 0.327 e.